The SMILES string of the molecule is CCOc1ccc(NC(=O)c2oc3c(c2C)/C(=N/NS(=O)(=O)c2ccc(C)cc2)CCC3)cc1. The summed E-state index contributed by atoms with van der Waals surface area (Å²) in [6.07, 6.45) is 1.96. The van der Waals surface area contributed by atoms with Gasteiger partial charge >= 0.3 is 0 Å². The molecule has 2 aromatic carbocycles. The number of sulfonamides is 1. The number of nitrogens with zero attached hydrogens (tertiary/aromatic N) is 1. The summed E-state index contributed by atoms with van der Waals surface area (Å²) in [6.45, 7) is 6.14. The second-order valence-corrected chi connectivity index (χ2v) is 9.75. The number of ether oxygens (including phenoxy) is 1. The largest absolute Gasteiger partial charge is 0.494 e. The Morgan fingerprint density at radius 3 is 2.44 bits per heavy atom. The first kappa shape index (κ1) is 23.6. The Balaban J connectivity index is 1.55. The topological polar surface area (TPSA) is 110 Å². The standard InChI is InChI=1S/C25H27N3O5S/c1-4-32-19-12-10-18(11-13-19)26-25(29)24-17(3)23-21(6-5-7-22(23)33-24)27-28-34(30,31)20-14-8-16(2)9-15-20/h8-15,28H,4-7H2,1-3H3,(H,26,29)/b27-21+. The van der Waals surface area contributed by atoms with E-state index in [1.807, 2.05) is 13.8 Å². The monoisotopic (exact) mass is 481 g/mol. The van der Waals surface area contributed by atoms with Crippen LogP contribution >= 0.6 is 0 Å². The molecule has 0 atom stereocenters. The molecule has 1 heterocycles. The van der Waals surface area contributed by atoms with Gasteiger partial charge in [-0.25, -0.2) is 0 Å². The smallest absolute Gasteiger partial charge is 0.291 e. The highest BCUT2D eigenvalue weighted by Crippen LogP contribution is 2.30. The molecule has 2 N–H and O–H groups in total. The summed E-state index contributed by atoms with van der Waals surface area (Å²) in [4.78, 5) is 15.4. The van der Waals surface area contributed by atoms with Gasteiger partial charge in [0.05, 0.1) is 17.2 Å². The number of hydrogen-bond acceptors (Lipinski definition) is 6. The second kappa shape index (κ2) is 9.72. The molecule has 1 aromatic heterocycles. The third-order valence-corrected chi connectivity index (χ3v) is 6.81. The van der Waals surface area contributed by atoms with Crippen LogP contribution in [0.25, 0.3) is 0 Å². The number of fused-ring (bicyclic) bond motifs is 1. The fourth-order valence-corrected chi connectivity index (χ4v) is 4.70. The molecular weight excluding hydrogens is 454 g/mol. The van der Waals surface area contributed by atoms with Crippen LogP contribution in [0.15, 0.2) is 62.9 Å². The van der Waals surface area contributed by atoms with Gasteiger partial charge in [-0.15, -0.1) is 0 Å². The molecule has 0 spiro atoms. The first-order valence-electron chi connectivity index (χ1n) is 11.1. The Labute approximate surface area is 199 Å². The Morgan fingerprint density at radius 1 is 1.06 bits per heavy atom. The van der Waals surface area contributed by atoms with Crippen molar-refractivity contribution in [1.29, 1.82) is 0 Å². The van der Waals surface area contributed by atoms with Crippen LogP contribution in [-0.4, -0.2) is 26.6 Å². The van der Waals surface area contributed by atoms with Gasteiger partial charge in [0.15, 0.2) is 5.76 Å². The number of carbonyl (C=O) groups excluding carboxylic acids is 1. The van der Waals surface area contributed by atoms with Crippen molar-refractivity contribution in [1.82, 2.24) is 4.83 Å². The zero-order valence-corrected chi connectivity index (χ0v) is 20.2. The molecule has 1 aliphatic rings. The molecule has 9 heteroatoms. The molecule has 0 bridgehead atoms. The van der Waals surface area contributed by atoms with E-state index in [0.29, 0.717) is 47.7 Å². The van der Waals surface area contributed by atoms with E-state index in [1.54, 1.807) is 43.3 Å². The highest BCUT2D eigenvalue weighted by atomic mass is 32.2. The van der Waals surface area contributed by atoms with E-state index in [9.17, 15) is 13.2 Å². The van der Waals surface area contributed by atoms with E-state index in [4.69, 9.17) is 9.15 Å². The Kier molecular flexibility index (Phi) is 6.74. The van der Waals surface area contributed by atoms with Crippen LogP contribution in [0, 0.1) is 13.8 Å². The average Bonchev–Trinajstić information content (AvgIpc) is 3.17. The van der Waals surface area contributed by atoms with Gasteiger partial charge in [-0.05, 0) is 70.0 Å². The maximum atomic E-state index is 12.9. The molecule has 8 nitrogen and oxygen atoms in total. The van der Waals surface area contributed by atoms with E-state index in [2.05, 4.69) is 15.2 Å². The molecule has 0 unspecified atom stereocenters. The summed E-state index contributed by atoms with van der Waals surface area (Å²) in [7, 11) is -3.81. The van der Waals surface area contributed by atoms with Gasteiger partial charge in [0.25, 0.3) is 15.9 Å². The van der Waals surface area contributed by atoms with Gasteiger partial charge < -0.3 is 14.5 Å². The van der Waals surface area contributed by atoms with Crippen molar-refractivity contribution in [2.45, 2.75) is 44.9 Å². The van der Waals surface area contributed by atoms with E-state index >= 15 is 0 Å². The van der Waals surface area contributed by atoms with Crippen LogP contribution < -0.4 is 14.9 Å². The number of nitrogens with one attached hydrogen (secondary N) is 2. The number of anilines is 1. The minimum Gasteiger partial charge on any atom is -0.494 e. The molecule has 0 saturated heterocycles. The number of amides is 1. The fraction of sp³-hybridized carbons (Fsp3) is 0.280. The van der Waals surface area contributed by atoms with E-state index in [1.165, 1.54) is 12.1 Å². The van der Waals surface area contributed by atoms with Gasteiger partial charge in [-0.1, -0.05) is 17.7 Å². The molecule has 34 heavy (non-hydrogen) atoms. The lowest BCUT2D eigenvalue weighted by atomic mass is 9.93. The predicted octanol–water partition coefficient (Wildman–Crippen LogP) is 4.57. The molecule has 1 aliphatic carbocycles. The number of hydrogen-bond donors (Lipinski definition) is 2. The summed E-state index contributed by atoms with van der Waals surface area (Å²) < 4.78 is 36.6. The summed E-state index contributed by atoms with van der Waals surface area (Å²) >= 11 is 0. The Bertz CT molecular complexity index is 1320. The number of aryl methyl sites for hydroxylation is 2. The minimum atomic E-state index is -3.81. The number of hydrazone groups is 1. The van der Waals surface area contributed by atoms with Crippen molar-refractivity contribution in [3.63, 3.8) is 0 Å². The van der Waals surface area contributed by atoms with Crippen molar-refractivity contribution in [2.24, 2.45) is 5.10 Å². The van der Waals surface area contributed by atoms with Gasteiger partial charge in [-0.3, -0.25) is 4.79 Å². The molecule has 0 radical (unpaired) electrons. The quantitative estimate of drug-likeness (QED) is 0.481. The normalized spacial score (nSPS) is 14.5. The van der Waals surface area contributed by atoms with Crippen LogP contribution in [0.1, 0.15) is 52.8 Å². The Hall–Kier alpha value is -3.59. The summed E-state index contributed by atoms with van der Waals surface area (Å²) in [5, 5.41) is 7.05. The first-order valence-corrected chi connectivity index (χ1v) is 12.6. The van der Waals surface area contributed by atoms with Gasteiger partial charge in [0.1, 0.15) is 11.5 Å². The van der Waals surface area contributed by atoms with Gasteiger partial charge in [0, 0.05) is 23.2 Å². The average molecular weight is 482 g/mol. The lowest BCUT2D eigenvalue weighted by Crippen LogP contribution is -2.22. The fourth-order valence-electron chi connectivity index (χ4n) is 3.87. The van der Waals surface area contributed by atoms with E-state index in [0.717, 1.165) is 17.7 Å². The van der Waals surface area contributed by atoms with Crippen molar-refractivity contribution >= 4 is 27.3 Å². The second-order valence-electron chi connectivity index (χ2n) is 8.09. The van der Waals surface area contributed by atoms with Crippen molar-refractivity contribution < 1.29 is 22.4 Å². The van der Waals surface area contributed by atoms with Crippen LogP contribution in [0.2, 0.25) is 0 Å². The maximum absolute atomic E-state index is 12.9. The molecule has 4 rings (SSSR count). The molecule has 0 saturated carbocycles. The van der Waals surface area contributed by atoms with Crippen LogP contribution in [0.4, 0.5) is 5.69 Å². The molecule has 1 amide bonds. The molecule has 3 aromatic rings. The highest BCUT2D eigenvalue weighted by molar-refractivity contribution is 7.89. The van der Waals surface area contributed by atoms with Gasteiger partial charge in [0.2, 0.25) is 0 Å². The summed E-state index contributed by atoms with van der Waals surface area (Å²) in [6, 6.07) is 13.6. The van der Waals surface area contributed by atoms with Crippen molar-refractivity contribution in [3.05, 3.63) is 76.7 Å². The van der Waals surface area contributed by atoms with E-state index in [-0.39, 0.29) is 16.6 Å². The summed E-state index contributed by atoms with van der Waals surface area (Å²) in [5.41, 5.74) is 3.45. The molecule has 0 aliphatic heterocycles. The van der Waals surface area contributed by atoms with Crippen LogP contribution in [-0.2, 0) is 16.4 Å². The maximum Gasteiger partial charge on any atom is 0.291 e. The predicted molar refractivity (Wildman–Crippen MR) is 130 cm³/mol. The third kappa shape index (κ3) is 4.99. The third-order valence-electron chi connectivity index (χ3n) is 5.59. The lowest BCUT2D eigenvalue weighted by molar-refractivity contribution is 0.0994. The van der Waals surface area contributed by atoms with Crippen LogP contribution in [0.3, 0.4) is 0 Å². The zero-order chi connectivity index (χ0) is 24.3. The Morgan fingerprint density at radius 2 is 1.76 bits per heavy atom. The number of furan rings is 1. The van der Waals surface area contributed by atoms with E-state index < -0.39 is 10.0 Å². The highest BCUT2D eigenvalue weighted by Gasteiger charge is 2.28. The number of carbonyl (C=O) groups is 1. The molecule has 178 valence electrons. The molecule has 0 fully saturated rings. The van der Waals surface area contributed by atoms with Crippen molar-refractivity contribution in [3.8, 4) is 5.75 Å². The molecular formula is C25H27N3O5S. The first-order chi connectivity index (χ1) is 16.3. The minimum absolute atomic E-state index is 0.137. The zero-order valence-electron chi connectivity index (χ0n) is 19.3. The lowest BCUT2D eigenvalue weighted by Gasteiger charge is -2.14. The van der Waals surface area contributed by atoms with Crippen molar-refractivity contribution in [2.75, 3.05) is 11.9 Å². The number of rotatable bonds is 7. The van der Waals surface area contributed by atoms with Gasteiger partial charge in [-0.2, -0.15) is 18.4 Å². The number of benzene rings is 2. The summed E-state index contributed by atoms with van der Waals surface area (Å²) in [5.74, 6) is 1.17. The van der Waals surface area contributed by atoms with Crippen LogP contribution in [0.5, 0.6) is 5.75 Å².